The SMILES string of the molecule is CN1CC(N)C(c2cccc3ccccc23)C1. The van der Waals surface area contributed by atoms with Crippen molar-refractivity contribution in [1.82, 2.24) is 4.90 Å². The zero-order valence-electron chi connectivity index (χ0n) is 10.1. The third kappa shape index (κ3) is 1.84. The minimum atomic E-state index is 0.255. The quantitative estimate of drug-likeness (QED) is 0.807. The highest BCUT2D eigenvalue weighted by atomic mass is 15.1. The van der Waals surface area contributed by atoms with Crippen LogP contribution >= 0.6 is 0 Å². The number of likely N-dealkylation sites (tertiary alicyclic amines) is 1. The van der Waals surface area contributed by atoms with Gasteiger partial charge in [-0.2, -0.15) is 0 Å². The number of fused-ring (bicyclic) bond motifs is 1. The van der Waals surface area contributed by atoms with Crippen molar-refractivity contribution in [2.45, 2.75) is 12.0 Å². The van der Waals surface area contributed by atoms with Gasteiger partial charge in [0, 0.05) is 25.0 Å². The van der Waals surface area contributed by atoms with Crippen molar-refractivity contribution >= 4 is 10.8 Å². The molecule has 2 unspecified atom stereocenters. The minimum absolute atomic E-state index is 0.255. The number of hydrogen-bond donors (Lipinski definition) is 1. The molecular weight excluding hydrogens is 208 g/mol. The second-order valence-corrected chi connectivity index (χ2v) is 5.06. The fraction of sp³-hybridized carbons (Fsp3) is 0.333. The van der Waals surface area contributed by atoms with Crippen LogP contribution in [0.3, 0.4) is 0 Å². The average Bonchev–Trinajstić information content (AvgIpc) is 2.68. The first-order valence-corrected chi connectivity index (χ1v) is 6.17. The Morgan fingerprint density at radius 3 is 2.59 bits per heavy atom. The van der Waals surface area contributed by atoms with Gasteiger partial charge in [0.05, 0.1) is 0 Å². The first kappa shape index (κ1) is 10.8. The standard InChI is InChI=1S/C15H18N2/c1-17-9-14(15(16)10-17)13-8-4-6-11-5-2-3-7-12(11)13/h2-8,14-15H,9-10,16H2,1H3. The molecule has 2 nitrogen and oxygen atoms in total. The van der Waals surface area contributed by atoms with Crippen molar-refractivity contribution < 1.29 is 0 Å². The van der Waals surface area contributed by atoms with E-state index in [0.717, 1.165) is 13.1 Å². The molecular formula is C15H18N2. The largest absolute Gasteiger partial charge is 0.326 e. The van der Waals surface area contributed by atoms with Gasteiger partial charge < -0.3 is 10.6 Å². The molecule has 2 N–H and O–H groups in total. The summed E-state index contributed by atoms with van der Waals surface area (Å²) in [5.41, 5.74) is 7.65. The molecule has 0 aromatic heterocycles. The predicted octanol–water partition coefficient (Wildman–Crippen LogP) is 2.20. The van der Waals surface area contributed by atoms with Crippen LogP contribution in [-0.4, -0.2) is 31.1 Å². The van der Waals surface area contributed by atoms with Gasteiger partial charge in [0.2, 0.25) is 0 Å². The molecule has 0 aliphatic carbocycles. The molecule has 1 saturated heterocycles. The first-order chi connectivity index (χ1) is 8.25. The van der Waals surface area contributed by atoms with Gasteiger partial charge in [-0.15, -0.1) is 0 Å². The molecule has 1 heterocycles. The Morgan fingerprint density at radius 1 is 1.06 bits per heavy atom. The van der Waals surface area contributed by atoms with E-state index in [0.29, 0.717) is 5.92 Å². The second-order valence-electron chi connectivity index (χ2n) is 5.06. The van der Waals surface area contributed by atoms with Crippen molar-refractivity contribution in [1.29, 1.82) is 0 Å². The second kappa shape index (κ2) is 4.13. The van der Waals surface area contributed by atoms with Gasteiger partial charge in [-0.25, -0.2) is 0 Å². The highest BCUT2D eigenvalue weighted by molar-refractivity contribution is 5.86. The molecule has 1 fully saturated rings. The van der Waals surface area contributed by atoms with Crippen LogP contribution in [0.25, 0.3) is 10.8 Å². The fourth-order valence-corrected chi connectivity index (χ4v) is 2.94. The highest BCUT2D eigenvalue weighted by Gasteiger charge is 2.29. The van der Waals surface area contributed by atoms with Crippen molar-refractivity contribution in [3.05, 3.63) is 48.0 Å². The van der Waals surface area contributed by atoms with Crippen LogP contribution in [0.15, 0.2) is 42.5 Å². The third-order valence-electron chi connectivity index (χ3n) is 3.77. The summed E-state index contributed by atoms with van der Waals surface area (Å²) in [7, 11) is 2.14. The van der Waals surface area contributed by atoms with Crippen LogP contribution in [0.4, 0.5) is 0 Å². The van der Waals surface area contributed by atoms with Crippen LogP contribution < -0.4 is 5.73 Å². The lowest BCUT2D eigenvalue weighted by molar-refractivity contribution is 0.408. The van der Waals surface area contributed by atoms with Crippen molar-refractivity contribution in [3.8, 4) is 0 Å². The lowest BCUT2D eigenvalue weighted by Gasteiger charge is -2.17. The van der Waals surface area contributed by atoms with Gasteiger partial charge in [-0.1, -0.05) is 42.5 Å². The summed E-state index contributed by atoms with van der Waals surface area (Å²) in [6.45, 7) is 2.06. The maximum absolute atomic E-state index is 6.25. The smallest absolute Gasteiger partial charge is 0.0250 e. The van der Waals surface area contributed by atoms with Gasteiger partial charge in [0.15, 0.2) is 0 Å². The molecule has 2 atom stereocenters. The fourth-order valence-electron chi connectivity index (χ4n) is 2.94. The molecule has 2 aromatic carbocycles. The van der Waals surface area contributed by atoms with E-state index in [9.17, 15) is 0 Å². The van der Waals surface area contributed by atoms with E-state index in [1.54, 1.807) is 0 Å². The molecule has 2 aromatic rings. The van der Waals surface area contributed by atoms with Gasteiger partial charge in [0.25, 0.3) is 0 Å². The Morgan fingerprint density at radius 2 is 1.82 bits per heavy atom. The third-order valence-corrected chi connectivity index (χ3v) is 3.77. The maximum Gasteiger partial charge on any atom is 0.0250 e. The van der Waals surface area contributed by atoms with E-state index < -0.39 is 0 Å². The maximum atomic E-state index is 6.25. The lowest BCUT2D eigenvalue weighted by Crippen LogP contribution is -2.27. The van der Waals surface area contributed by atoms with Gasteiger partial charge in [-0.3, -0.25) is 0 Å². The van der Waals surface area contributed by atoms with E-state index >= 15 is 0 Å². The summed E-state index contributed by atoms with van der Waals surface area (Å²) in [4.78, 5) is 2.32. The lowest BCUT2D eigenvalue weighted by atomic mass is 9.90. The van der Waals surface area contributed by atoms with Crippen molar-refractivity contribution in [3.63, 3.8) is 0 Å². The number of rotatable bonds is 1. The van der Waals surface area contributed by atoms with Crippen LogP contribution in [0.2, 0.25) is 0 Å². The molecule has 1 aliphatic heterocycles. The normalized spacial score (nSPS) is 25.5. The predicted molar refractivity (Wildman–Crippen MR) is 72.2 cm³/mol. The summed E-state index contributed by atoms with van der Waals surface area (Å²) in [6, 6.07) is 15.4. The van der Waals surface area contributed by atoms with Crippen LogP contribution in [0.1, 0.15) is 11.5 Å². The first-order valence-electron chi connectivity index (χ1n) is 6.17. The number of nitrogens with zero attached hydrogens (tertiary/aromatic N) is 1. The van der Waals surface area contributed by atoms with Crippen LogP contribution in [0, 0.1) is 0 Å². The Balaban J connectivity index is 2.11. The zero-order chi connectivity index (χ0) is 11.8. The van der Waals surface area contributed by atoms with Crippen LogP contribution in [0.5, 0.6) is 0 Å². The summed E-state index contributed by atoms with van der Waals surface area (Å²) in [6.07, 6.45) is 0. The molecule has 0 spiro atoms. The molecule has 0 amide bonds. The Labute approximate surface area is 102 Å². The molecule has 0 bridgehead atoms. The number of hydrogen-bond acceptors (Lipinski definition) is 2. The summed E-state index contributed by atoms with van der Waals surface area (Å²) >= 11 is 0. The number of benzene rings is 2. The van der Waals surface area contributed by atoms with E-state index in [1.807, 2.05) is 0 Å². The topological polar surface area (TPSA) is 29.3 Å². The zero-order valence-corrected chi connectivity index (χ0v) is 10.1. The Bertz CT molecular complexity index is 530. The average molecular weight is 226 g/mol. The molecule has 2 heteroatoms. The molecule has 3 rings (SSSR count). The van der Waals surface area contributed by atoms with Crippen LogP contribution in [-0.2, 0) is 0 Å². The molecule has 17 heavy (non-hydrogen) atoms. The Hall–Kier alpha value is -1.38. The summed E-state index contributed by atoms with van der Waals surface area (Å²) in [5.74, 6) is 0.464. The van der Waals surface area contributed by atoms with E-state index in [-0.39, 0.29) is 6.04 Å². The van der Waals surface area contributed by atoms with Crippen molar-refractivity contribution in [2.75, 3.05) is 20.1 Å². The number of nitrogens with two attached hydrogens (primary N) is 1. The van der Waals surface area contributed by atoms with Gasteiger partial charge >= 0.3 is 0 Å². The highest BCUT2D eigenvalue weighted by Crippen LogP contribution is 2.31. The van der Waals surface area contributed by atoms with E-state index in [2.05, 4.69) is 54.4 Å². The molecule has 0 saturated carbocycles. The summed E-state index contributed by atoms with van der Waals surface area (Å²) < 4.78 is 0. The number of likely N-dealkylation sites (N-methyl/N-ethyl adjacent to an activating group) is 1. The molecule has 0 radical (unpaired) electrons. The van der Waals surface area contributed by atoms with Crippen molar-refractivity contribution in [2.24, 2.45) is 5.73 Å². The molecule has 88 valence electrons. The summed E-state index contributed by atoms with van der Waals surface area (Å²) in [5, 5.41) is 2.66. The monoisotopic (exact) mass is 226 g/mol. The van der Waals surface area contributed by atoms with E-state index in [4.69, 9.17) is 5.73 Å². The Kier molecular flexibility index (Phi) is 2.61. The van der Waals surface area contributed by atoms with E-state index in [1.165, 1.54) is 16.3 Å². The van der Waals surface area contributed by atoms with Gasteiger partial charge in [0.1, 0.15) is 0 Å². The minimum Gasteiger partial charge on any atom is -0.326 e. The molecule has 1 aliphatic rings. The van der Waals surface area contributed by atoms with Gasteiger partial charge in [-0.05, 0) is 23.4 Å².